The predicted octanol–water partition coefficient (Wildman–Crippen LogP) is 4.63. The maximum Gasteiger partial charge on any atom is 0.0386 e. The molecule has 0 saturated carbocycles. The minimum atomic E-state index is 0.696. The quantitative estimate of drug-likeness (QED) is 0.800. The lowest BCUT2D eigenvalue weighted by Crippen LogP contribution is -1.95. The molecule has 1 nitrogen and oxygen atoms in total. The molecule has 0 amide bonds. The van der Waals surface area contributed by atoms with Crippen molar-refractivity contribution in [3.05, 3.63) is 60.2 Å². The van der Waals surface area contributed by atoms with E-state index in [2.05, 4.69) is 55.6 Å². The third-order valence-electron chi connectivity index (χ3n) is 2.63. The van der Waals surface area contributed by atoms with Gasteiger partial charge in [0.25, 0.3) is 0 Å². The second-order valence-electron chi connectivity index (χ2n) is 4.79. The van der Waals surface area contributed by atoms with Crippen LogP contribution in [0.4, 0.5) is 11.4 Å². The van der Waals surface area contributed by atoms with Gasteiger partial charge in [0.15, 0.2) is 0 Å². The van der Waals surface area contributed by atoms with Crippen molar-refractivity contribution in [2.75, 3.05) is 5.32 Å². The van der Waals surface area contributed by atoms with Crippen LogP contribution >= 0.6 is 0 Å². The molecule has 0 heterocycles. The van der Waals surface area contributed by atoms with Gasteiger partial charge >= 0.3 is 0 Å². The standard InChI is InChI=1S/C16H19N/c1-13(2)11-14-7-6-10-16(12-14)17-15-8-4-3-5-9-15/h3-10,12-13,17H,11H2,1-2H3. The van der Waals surface area contributed by atoms with E-state index in [9.17, 15) is 0 Å². The summed E-state index contributed by atoms with van der Waals surface area (Å²) in [5.41, 5.74) is 3.68. The van der Waals surface area contributed by atoms with Gasteiger partial charge < -0.3 is 5.32 Å². The summed E-state index contributed by atoms with van der Waals surface area (Å²) in [4.78, 5) is 0. The summed E-state index contributed by atoms with van der Waals surface area (Å²) >= 11 is 0. The maximum absolute atomic E-state index is 3.42. The van der Waals surface area contributed by atoms with Crippen molar-refractivity contribution in [1.82, 2.24) is 0 Å². The van der Waals surface area contributed by atoms with Gasteiger partial charge in [-0.2, -0.15) is 0 Å². The minimum Gasteiger partial charge on any atom is -0.356 e. The van der Waals surface area contributed by atoms with Crippen LogP contribution in [-0.4, -0.2) is 0 Å². The van der Waals surface area contributed by atoms with Crippen molar-refractivity contribution in [2.45, 2.75) is 20.3 Å². The van der Waals surface area contributed by atoms with Crippen LogP contribution in [-0.2, 0) is 6.42 Å². The van der Waals surface area contributed by atoms with E-state index in [0.717, 1.165) is 17.8 Å². The molecule has 2 aromatic carbocycles. The van der Waals surface area contributed by atoms with Crippen LogP contribution in [0.25, 0.3) is 0 Å². The highest BCUT2D eigenvalue weighted by atomic mass is 14.9. The second-order valence-corrected chi connectivity index (χ2v) is 4.79. The molecule has 2 aromatic rings. The van der Waals surface area contributed by atoms with Crippen LogP contribution in [0.2, 0.25) is 0 Å². The Morgan fingerprint density at radius 1 is 0.882 bits per heavy atom. The molecule has 0 unspecified atom stereocenters. The molecule has 1 heteroatoms. The first-order valence-corrected chi connectivity index (χ1v) is 6.15. The molecule has 0 aliphatic heterocycles. The first kappa shape index (κ1) is 11.7. The number of hydrogen-bond donors (Lipinski definition) is 1. The predicted molar refractivity (Wildman–Crippen MR) is 74.7 cm³/mol. The van der Waals surface area contributed by atoms with E-state index in [1.807, 2.05) is 18.2 Å². The van der Waals surface area contributed by atoms with Gasteiger partial charge in [-0.25, -0.2) is 0 Å². The first-order chi connectivity index (χ1) is 8.24. The summed E-state index contributed by atoms with van der Waals surface area (Å²) in [6.45, 7) is 4.49. The van der Waals surface area contributed by atoms with Crippen LogP contribution in [0.3, 0.4) is 0 Å². The molecule has 0 aliphatic carbocycles. The molecule has 0 radical (unpaired) electrons. The average Bonchev–Trinajstić information content (AvgIpc) is 2.30. The second kappa shape index (κ2) is 5.53. The molecule has 0 aliphatic rings. The van der Waals surface area contributed by atoms with Crippen LogP contribution in [0, 0.1) is 5.92 Å². The van der Waals surface area contributed by atoms with Gasteiger partial charge in [0.2, 0.25) is 0 Å². The highest BCUT2D eigenvalue weighted by Gasteiger charge is 1.99. The Labute approximate surface area is 103 Å². The molecule has 0 aromatic heterocycles. The fourth-order valence-corrected chi connectivity index (χ4v) is 1.94. The summed E-state index contributed by atoms with van der Waals surface area (Å²) < 4.78 is 0. The normalized spacial score (nSPS) is 10.5. The van der Waals surface area contributed by atoms with Gasteiger partial charge in [-0.15, -0.1) is 0 Å². The summed E-state index contributed by atoms with van der Waals surface area (Å²) in [5, 5.41) is 3.42. The van der Waals surface area contributed by atoms with Crippen LogP contribution in [0.15, 0.2) is 54.6 Å². The lowest BCUT2D eigenvalue weighted by atomic mass is 10.0. The molecule has 0 fully saturated rings. The molecule has 17 heavy (non-hydrogen) atoms. The Kier molecular flexibility index (Phi) is 3.81. The Balaban J connectivity index is 2.11. The monoisotopic (exact) mass is 225 g/mol. The molecule has 2 rings (SSSR count). The van der Waals surface area contributed by atoms with E-state index < -0.39 is 0 Å². The van der Waals surface area contributed by atoms with Gasteiger partial charge in [0.05, 0.1) is 0 Å². The highest BCUT2D eigenvalue weighted by Crippen LogP contribution is 2.18. The van der Waals surface area contributed by atoms with Crippen LogP contribution in [0.1, 0.15) is 19.4 Å². The zero-order valence-electron chi connectivity index (χ0n) is 10.5. The SMILES string of the molecule is CC(C)Cc1cccc(Nc2ccccc2)c1. The molecular weight excluding hydrogens is 206 g/mol. The Hall–Kier alpha value is -1.76. The lowest BCUT2D eigenvalue weighted by molar-refractivity contribution is 0.647. The van der Waals surface area contributed by atoms with Gasteiger partial charge in [0.1, 0.15) is 0 Å². The molecule has 88 valence electrons. The fraction of sp³-hybridized carbons (Fsp3) is 0.250. The third kappa shape index (κ3) is 3.63. The van der Waals surface area contributed by atoms with Crippen molar-refractivity contribution < 1.29 is 0 Å². The van der Waals surface area contributed by atoms with E-state index in [1.165, 1.54) is 5.56 Å². The van der Waals surface area contributed by atoms with Crippen molar-refractivity contribution in [2.24, 2.45) is 5.92 Å². The van der Waals surface area contributed by atoms with Gasteiger partial charge in [0, 0.05) is 11.4 Å². The molecule has 0 saturated heterocycles. The Morgan fingerprint density at radius 3 is 2.29 bits per heavy atom. The summed E-state index contributed by atoms with van der Waals surface area (Å²) in [5.74, 6) is 0.696. The van der Waals surface area contributed by atoms with Gasteiger partial charge in [-0.3, -0.25) is 0 Å². The topological polar surface area (TPSA) is 12.0 Å². The summed E-state index contributed by atoms with van der Waals surface area (Å²) in [6, 6.07) is 18.9. The number of benzene rings is 2. The molecule has 0 spiro atoms. The van der Waals surface area contributed by atoms with Gasteiger partial charge in [-0.05, 0) is 42.2 Å². The number of hydrogen-bond acceptors (Lipinski definition) is 1. The number of para-hydroxylation sites is 1. The summed E-state index contributed by atoms with van der Waals surface area (Å²) in [7, 11) is 0. The third-order valence-corrected chi connectivity index (χ3v) is 2.63. The highest BCUT2D eigenvalue weighted by molar-refractivity contribution is 5.59. The first-order valence-electron chi connectivity index (χ1n) is 6.15. The zero-order chi connectivity index (χ0) is 12.1. The van der Waals surface area contributed by atoms with E-state index in [4.69, 9.17) is 0 Å². The smallest absolute Gasteiger partial charge is 0.0386 e. The Morgan fingerprint density at radius 2 is 1.59 bits per heavy atom. The largest absolute Gasteiger partial charge is 0.356 e. The van der Waals surface area contributed by atoms with Crippen molar-refractivity contribution >= 4 is 11.4 Å². The Bertz CT molecular complexity index is 460. The van der Waals surface area contributed by atoms with Crippen molar-refractivity contribution in [3.8, 4) is 0 Å². The number of anilines is 2. The molecule has 0 bridgehead atoms. The lowest BCUT2D eigenvalue weighted by Gasteiger charge is -2.09. The van der Waals surface area contributed by atoms with E-state index in [0.29, 0.717) is 5.92 Å². The van der Waals surface area contributed by atoms with E-state index >= 15 is 0 Å². The van der Waals surface area contributed by atoms with Gasteiger partial charge in [-0.1, -0.05) is 44.2 Å². The van der Waals surface area contributed by atoms with E-state index in [-0.39, 0.29) is 0 Å². The van der Waals surface area contributed by atoms with Crippen LogP contribution in [0.5, 0.6) is 0 Å². The summed E-state index contributed by atoms with van der Waals surface area (Å²) in [6.07, 6.45) is 1.13. The van der Waals surface area contributed by atoms with E-state index in [1.54, 1.807) is 0 Å². The molecular formula is C16H19N. The maximum atomic E-state index is 3.42. The zero-order valence-corrected chi connectivity index (χ0v) is 10.5. The van der Waals surface area contributed by atoms with Crippen molar-refractivity contribution in [3.63, 3.8) is 0 Å². The average molecular weight is 225 g/mol. The molecule has 1 N–H and O–H groups in total. The minimum absolute atomic E-state index is 0.696. The number of rotatable bonds is 4. The van der Waals surface area contributed by atoms with Crippen molar-refractivity contribution in [1.29, 1.82) is 0 Å². The fourth-order valence-electron chi connectivity index (χ4n) is 1.94. The molecule has 0 atom stereocenters. The van der Waals surface area contributed by atoms with Crippen LogP contribution < -0.4 is 5.32 Å². The number of nitrogens with one attached hydrogen (secondary N) is 1.